The molecule has 0 aliphatic rings. The number of nitrogens with two attached hydrogens (primary N) is 1. The second kappa shape index (κ2) is 4.18. The van der Waals surface area contributed by atoms with Gasteiger partial charge in [-0.1, -0.05) is 29.0 Å². The van der Waals surface area contributed by atoms with E-state index in [0.717, 1.165) is 5.69 Å². The maximum absolute atomic E-state index is 5.47. The first-order chi connectivity index (χ1) is 7.24. The minimum atomic E-state index is 0.507. The van der Waals surface area contributed by atoms with Crippen molar-refractivity contribution in [3.63, 3.8) is 0 Å². The molecule has 0 saturated heterocycles. The van der Waals surface area contributed by atoms with E-state index in [2.05, 4.69) is 15.2 Å². The molecule has 0 unspecified atom stereocenters. The van der Waals surface area contributed by atoms with Crippen LogP contribution in [-0.4, -0.2) is 4.98 Å². The van der Waals surface area contributed by atoms with Crippen LogP contribution >= 0.6 is 11.3 Å². The molecule has 1 heterocycles. The van der Waals surface area contributed by atoms with E-state index in [1.165, 1.54) is 16.9 Å². The molecule has 0 radical (unpaired) electrons. The highest BCUT2D eigenvalue weighted by atomic mass is 32.1. The summed E-state index contributed by atoms with van der Waals surface area (Å²) in [6, 6.07) is 7.83. The standard InChI is InChI=1S/C10H10N4S/c1-7-2-4-8(5-3-7)13-14-9-6-12-10(11)15-9/h2-6H,1H3,(H2,11,12). The summed E-state index contributed by atoms with van der Waals surface area (Å²) in [5.74, 6) is 0. The van der Waals surface area contributed by atoms with Crippen LogP contribution in [0.2, 0.25) is 0 Å². The number of thiazole rings is 1. The SMILES string of the molecule is Cc1ccc(N=Nc2cnc(N)s2)cc1. The molecule has 76 valence electrons. The van der Waals surface area contributed by atoms with Crippen LogP contribution in [0.15, 0.2) is 40.7 Å². The van der Waals surface area contributed by atoms with Crippen molar-refractivity contribution in [1.29, 1.82) is 0 Å². The Morgan fingerprint density at radius 3 is 2.53 bits per heavy atom. The van der Waals surface area contributed by atoms with Crippen LogP contribution in [-0.2, 0) is 0 Å². The van der Waals surface area contributed by atoms with Gasteiger partial charge < -0.3 is 5.73 Å². The molecule has 4 nitrogen and oxygen atoms in total. The monoisotopic (exact) mass is 218 g/mol. The van der Waals surface area contributed by atoms with Crippen molar-refractivity contribution in [3.05, 3.63) is 36.0 Å². The third kappa shape index (κ3) is 2.60. The number of anilines is 1. The van der Waals surface area contributed by atoms with E-state index < -0.39 is 0 Å². The summed E-state index contributed by atoms with van der Waals surface area (Å²) in [7, 11) is 0. The smallest absolute Gasteiger partial charge is 0.182 e. The Morgan fingerprint density at radius 1 is 1.20 bits per heavy atom. The number of aromatic nitrogens is 1. The first-order valence-electron chi connectivity index (χ1n) is 4.44. The van der Waals surface area contributed by atoms with Gasteiger partial charge in [-0.15, -0.1) is 10.2 Å². The van der Waals surface area contributed by atoms with Crippen molar-refractivity contribution in [1.82, 2.24) is 4.98 Å². The van der Waals surface area contributed by atoms with Gasteiger partial charge in [0.05, 0.1) is 11.9 Å². The van der Waals surface area contributed by atoms with Gasteiger partial charge in [0.25, 0.3) is 0 Å². The Morgan fingerprint density at radius 2 is 1.93 bits per heavy atom. The average molecular weight is 218 g/mol. The van der Waals surface area contributed by atoms with E-state index in [-0.39, 0.29) is 0 Å². The number of azo groups is 1. The molecule has 5 heteroatoms. The van der Waals surface area contributed by atoms with Gasteiger partial charge in [0.2, 0.25) is 0 Å². The van der Waals surface area contributed by atoms with Crippen LogP contribution in [0.5, 0.6) is 0 Å². The molecule has 2 N–H and O–H groups in total. The van der Waals surface area contributed by atoms with Crippen LogP contribution in [0.25, 0.3) is 0 Å². The second-order valence-electron chi connectivity index (χ2n) is 3.07. The summed E-state index contributed by atoms with van der Waals surface area (Å²) >= 11 is 1.32. The fourth-order valence-corrected chi connectivity index (χ4v) is 1.55. The number of aryl methyl sites for hydroxylation is 1. The quantitative estimate of drug-likeness (QED) is 0.784. The zero-order valence-corrected chi connectivity index (χ0v) is 9.03. The maximum Gasteiger partial charge on any atom is 0.182 e. The van der Waals surface area contributed by atoms with Crippen LogP contribution in [0.4, 0.5) is 15.8 Å². The van der Waals surface area contributed by atoms with Crippen molar-refractivity contribution in [2.24, 2.45) is 10.2 Å². The van der Waals surface area contributed by atoms with Gasteiger partial charge in [-0.3, -0.25) is 0 Å². The second-order valence-corrected chi connectivity index (χ2v) is 4.11. The van der Waals surface area contributed by atoms with Crippen LogP contribution in [0, 0.1) is 6.92 Å². The third-order valence-corrected chi connectivity index (χ3v) is 2.52. The molecule has 1 aromatic carbocycles. The van der Waals surface area contributed by atoms with E-state index in [1.54, 1.807) is 6.20 Å². The molecule has 2 rings (SSSR count). The fourth-order valence-electron chi connectivity index (χ4n) is 1.04. The molecule has 15 heavy (non-hydrogen) atoms. The lowest BCUT2D eigenvalue weighted by atomic mass is 10.2. The number of rotatable bonds is 2. The van der Waals surface area contributed by atoms with Crippen LogP contribution in [0.3, 0.4) is 0 Å². The van der Waals surface area contributed by atoms with Crippen LogP contribution in [0.1, 0.15) is 5.56 Å². The van der Waals surface area contributed by atoms with Gasteiger partial charge in [0.15, 0.2) is 10.1 Å². The van der Waals surface area contributed by atoms with Crippen molar-refractivity contribution in [3.8, 4) is 0 Å². The highest BCUT2D eigenvalue weighted by Crippen LogP contribution is 2.25. The fraction of sp³-hybridized carbons (Fsp3) is 0.100. The minimum absolute atomic E-state index is 0.507. The summed E-state index contributed by atoms with van der Waals surface area (Å²) in [6.45, 7) is 2.03. The number of nitrogen functional groups attached to an aromatic ring is 1. The van der Waals surface area contributed by atoms with E-state index in [1.807, 2.05) is 31.2 Å². The normalized spacial score (nSPS) is 11.0. The summed E-state index contributed by atoms with van der Waals surface area (Å²) in [6.07, 6.45) is 1.61. The van der Waals surface area contributed by atoms with Gasteiger partial charge in [0.1, 0.15) is 0 Å². The Bertz CT molecular complexity index is 472. The molecule has 0 fully saturated rings. The molecule has 1 aromatic heterocycles. The average Bonchev–Trinajstić information content (AvgIpc) is 2.64. The lowest BCUT2D eigenvalue weighted by Gasteiger charge is -1.92. The molecule has 0 atom stereocenters. The van der Waals surface area contributed by atoms with Crippen molar-refractivity contribution < 1.29 is 0 Å². The predicted molar refractivity (Wildman–Crippen MR) is 61.9 cm³/mol. The van der Waals surface area contributed by atoms with Gasteiger partial charge in [-0.2, -0.15) is 0 Å². The van der Waals surface area contributed by atoms with Crippen molar-refractivity contribution in [2.45, 2.75) is 6.92 Å². The lowest BCUT2D eigenvalue weighted by Crippen LogP contribution is -1.77. The van der Waals surface area contributed by atoms with Gasteiger partial charge in [0, 0.05) is 0 Å². The molecule has 0 saturated carbocycles. The minimum Gasteiger partial charge on any atom is -0.375 e. The summed E-state index contributed by atoms with van der Waals surface area (Å²) < 4.78 is 0. The molecule has 0 spiro atoms. The zero-order valence-electron chi connectivity index (χ0n) is 8.21. The van der Waals surface area contributed by atoms with Crippen molar-refractivity contribution in [2.75, 3.05) is 5.73 Å². The van der Waals surface area contributed by atoms with E-state index in [9.17, 15) is 0 Å². The molecule has 0 aliphatic heterocycles. The first-order valence-corrected chi connectivity index (χ1v) is 5.25. The summed E-state index contributed by atoms with van der Waals surface area (Å²) in [5, 5.41) is 9.32. The van der Waals surface area contributed by atoms with E-state index in [4.69, 9.17) is 5.73 Å². The van der Waals surface area contributed by atoms with Gasteiger partial charge in [-0.05, 0) is 19.1 Å². The maximum atomic E-state index is 5.47. The predicted octanol–water partition coefficient (Wildman–Crippen LogP) is 3.45. The molecule has 0 bridgehead atoms. The summed E-state index contributed by atoms with van der Waals surface area (Å²) in [4.78, 5) is 3.89. The molecular weight excluding hydrogens is 208 g/mol. The third-order valence-electron chi connectivity index (χ3n) is 1.81. The summed E-state index contributed by atoms with van der Waals surface area (Å²) in [5.41, 5.74) is 7.50. The topological polar surface area (TPSA) is 63.6 Å². The Balaban J connectivity index is 2.14. The molecule has 0 amide bonds. The number of nitrogens with zero attached hydrogens (tertiary/aromatic N) is 3. The number of benzene rings is 1. The van der Waals surface area contributed by atoms with E-state index in [0.29, 0.717) is 10.1 Å². The van der Waals surface area contributed by atoms with Gasteiger partial charge in [-0.25, -0.2) is 4.98 Å². The Hall–Kier alpha value is -1.75. The molecular formula is C10H10N4S. The Kier molecular flexibility index (Phi) is 2.73. The van der Waals surface area contributed by atoms with Gasteiger partial charge >= 0.3 is 0 Å². The largest absolute Gasteiger partial charge is 0.375 e. The first kappa shape index (κ1) is 9.79. The highest BCUT2D eigenvalue weighted by molar-refractivity contribution is 7.18. The zero-order chi connectivity index (χ0) is 10.7. The number of hydrogen-bond acceptors (Lipinski definition) is 5. The lowest BCUT2D eigenvalue weighted by molar-refractivity contribution is 1.24. The van der Waals surface area contributed by atoms with E-state index >= 15 is 0 Å². The Labute approximate surface area is 91.5 Å². The molecule has 0 aliphatic carbocycles. The van der Waals surface area contributed by atoms with Crippen LogP contribution < -0.4 is 5.73 Å². The molecule has 2 aromatic rings. The highest BCUT2D eigenvalue weighted by Gasteiger charge is 1.95. The number of hydrogen-bond donors (Lipinski definition) is 1. The van der Waals surface area contributed by atoms with Crippen molar-refractivity contribution >= 4 is 27.2 Å².